The smallest absolute Gasteiger partial charge is 0.306 e. The maximum atomic E-state index is 12.0. The van der Waals surface area contributed by atoms with E-state index in [2.05, 4.69) is 33.8 Å². The number of ether oxygens (including phenoxy) is 2. The lowest BCUT2D eigenvalue weighted by atomic mass is 9.49. The third-order valence-corrected chi connectivity index (χ3v) is 6.77. The summed E-state index contributed by atoms with van der Waals surface area (Å²) >= 11 is 0. The zero-order chi connectivity index (χ0) is 19.9. The molecule has 0 amide bonds. The van der Waals surface area contributed by atoms with Crippen molar-refractivity contribution in [3.63, 3.8) is 0 Å². The summed E-state index contributed by atoms with van der Waals surface area (Å²) in [5, 5.41) is 0. The maximum absolute atomic E-state index is 12.0. The molecule has 4 heteroatoms. The molecule has 0 aliphatic heterocycles. The van der Waals surface area contributed by atoms with Crippen LogP contribution in [0.15, 0.2) is 11.6 Å². The minimum atomic E-state index is -0.211. The molecule has 1 fully saturated rings. The van der Waals surface area contributed by atoms with E-state index in [0.29, 0.717) is 43.3 Å². The van der Waals surface area contributed by atoms with E-state index in [9.17, 15) is 9.59 Å². The van der Waals surface area contributed by atoms with Crippen LogP contribution in [0.25, 0.3) is 0 Å². The van der Waals surface area contributed by atoms with Crippen LogP contribution < -0.4 is 0 Å². The molecule has 3 unspecified atom stereocenters. The van der Waals surface area contributed by atoms with E-state index in [4.69, 9.17) is 9.47 Å². The van der Waals surface area contributed by atoms with Gasteiger partial charge in [-0.2, -0.15) is 0 Å². The fourth-order valence-electron chi connectivity index (χ4n) is 4.43. The quantitative estimate of drug-likeness (QED) is 0.335. The Labute approximate surface area is 165 Å². The van der Waals surface area contributed by atoms with Crippen molar-refractivity contribution >= 4 is 11.9 Å². The van der Waals surface area contributed by atoms with Gasteiger partial charge in [-0.3, -0.25) is 9.59 Å². The zero-order valence-electron chi connectivity index (χ0n) is 17.7. The summed E-state index contributed by atoms with van der Waals surface area (Å²) in [6.45, 7) is 9.87. The van der Waals surface area contributed by atoms with Crippen molar-refractivity contribution in [2.45, 2.75) is 85.5 Å². The highest BCUT2D eigenvalue weighted by molar-refractivity contribution is 5.72. The normalized spacial score (nSPS) is 23.8. The standard InChI is InChI=1S/C23H38O4/c1-5-7-9-17(6-2)15-26-21(24)10-8-11-22(25)27-16-18-12-13-19-14-20(18)23(19,3)4/h12,17,19-20H,5-11,13-16H2,1-4H3. The second kappa shape index (κ2) is 10.3. The van der Waals surface area contributed by atoms with Gasteiger partial charge in [-0.1, -0.05) is 53.0 Å². The predicted octanol–water partition coefficient (Wildman–Crippen LogP) is 5.45. The van der Waals surface area contributed by atoms with Gasteiger partial charge in [-0.15, -0.1) is 0 Å². The van der Waals surface area contributed by atoms with E-state index < -0.39 is 0 Å². The Hall–Kier alpha value is -1.32. The molecule has 0 heterocycles. The number of carbonyl (C=O) groups is 2. The molecule has 3 aliphatic rings. The maximum Gasteiger partial charge on any atom is 0.306 e. The predicted molar refractivity (Wildman–Crippen MR) is 107 cm³/mol. The van der Waals surface area contributed by atoms with Crippen LogP contribution in [0.5, 0.6) is 0 Å². The van der Waals surface area contributed by atoms with Gasteiger partial charge in [0.1, 0.15) is 6.61 Å². The van der Waals surface area contributed by atoms with Crippen molar-refractivity contribution in [3.05, 3.63) is 11.6 Å². The Kier molecular flexibility index (Phi) is 8.37. The molecular weight excluding hydrogens is 340 g/mol. The van der Waals surface area contributed by atoms with Gasteiger partial charge >= 0.3 is 11.9 Å². The first-order valence-electron chi connectivity index (χ1n) is 10.9. The van der Waals surface area contributed by atoms with Gasteiger partial charge < -0.3 is 9.47 Å². The molecule has 0 spiro atoms. The highest BCUT2D eigenvalue weighted by atomic mass is 16.5. The number of rotatable bonds is 12. The number of unbranched alkanes of at least 4 members (excludes halogenated alkanes) is 1. The Balaban J connectivity index is 1.57. The summed E-state index contributed by atoms with van der Waals surface area (Å²) in [6.07, 6.45) is 10.2. The third-order valence-electron chi connectivity index (χ3n) is 6.77. The summed E-state index contributed by atoms with van der Waals surface area (Å²) in [7, 11) is 0. The van der Waals surface area contributed by atoms with E-state index in [0.717, 1.165) is 25.2 Å². The van der Waals surface area contributed by atoms with Crippen LogP contribution in [0.2, 0.25) is 0 Å². The Morgan fingerprint density at radius 3 is 2.44 bits per heavy atom. The minimum absolute atomic E-state index is 0.199. The number of fused-ring (bicyclic) bond motifs is 1. The highest BCUT2D eigenvalue weighted by Gasteiger charge is 2.51. The second-order valence-electron chi connectivity index (χ2n) is 8.94. The number of allylic oxidation sites excluding steroid dienone is 1. The summed E-state index contributed by atoms with van der Waals surface area (Å²) in [5.74, 6) is 1.41. The highest BCUT2D eigenvalue weighted by Crippen LogP contribution is 2.59. The SMILES string of the molecule is CCCCC(CC)COC(=O)CCCC(=O)OCC1=CCC2CC1C2(C)C. The molecule has 2 bridgehead atoms. The third kappa shape index (κ3) is 6.08. The molecule has 3 atom stereocenters. The molecule has 0 N–H and O–H groups in total. The fraction of sp³-hybridized carbons (Fsp3) is 0.826. The summed E-state index contributed by atoms with van der Waals surface area (Å²) < 4.78 is 10.8. The first kappa shape index (κ1) is 22.0. The molecule has 3 rings (SSSR count). The van der Waals surface area contributed by atoms with Crippen molar-refractivity contribution in [3.8, 4) is 0 Å². The lowest BCUT2D eigenvalue weighted by Gasteiger charge is -2.56. The molecule has 0 aromatic carbocycles. The van der Waals surface area contributed by atoms with E-state index in [-0.39, 0.29) is 18.4 Å². The Bertz CT molecular complexity index is 534. The summed E-state index contributed by atoms with van der Waals surface area (Å²) in [5.41, 5.74) is 1.64. The summed E-state index contributed by atoms with van der Waals surface area (Å²) in [6, 6.07) is 0. The molecule has 27 heavy (non-hydrogen) atoms. The average molecular weight is 379 g/mol. The second-order valence-corrected chi connectivity index (χ2v) is 8.94. The lowest BCUT2D eigenvalue weighted by molar-refractivity contribution is -0.146. The van der Waals surface area contributed by atoms with Crippen molar-refractivity contribution in [2.24, 2.45) is 23.2 Å². The van der Waals surface area contributed by atoms with Crippen LogP contribution in [0.4, 0.5) is 0 Å². The van der Waals surface area contributed by atoms with E-state index >= 15 is 0 Å². The lowest BCUT2D eigenvalue weighted by Crippen LogP contribution is -2.48. The van der Waals surface area contributed by atoms with Gasteiger partial charge in [0.2, 0.25) is 0 Å². The van der Waals surface area contributed by atoms with Gasteiger partial charge in [0.25, 0.3) is 0 Å². The van der Waals surface area contributed by atoms with E-state index in [1.807, 2.05) is 0 Å². The largest absolute Gasteiger partial charge is 0.465 e. The van der Waals surface area contributed by atoms with Crippen LogP contribution in [-0.2, 0) is 19.1 Å². The zero-order valence-corrected chi connectivity index (χ0v) is 17.7. The number of esters is 2. The van der Waals surface area contributed by atoms with Crippen LogP contribution >= 0.6 is 0 Å². The number of hydrogen-bond donors (Lipinski definition) is 0. The Morgan fingerprint density at radius 2 is 1.85 bits per heavy atom. The molecule has 0 saturated heterocycles. The molecule has 0 aromatic heterocycles. The summed E-state index contributed by atoms with van der Waals surface area (Å²) in [4.78, 5) is 23.8. The van der Waals surface area contributed by atoms with Crippen LogP contribution in [0.3, 0.4) is 0 Å². The van der Waals surface area contributed by atoms with Crippen molar-refractivity contribution in [1.29, 1.82) is 0 Å². The number of carbonyl (C=O) groups excluding carboxylic acids is 2. The monoisotopic (exact) mass is 378 g/mol. The minimum Gasteiger partial charge on any atom is -0.465 e. The number of hydrogen-bond acceptors (Lipinski definition) is 4. The fourth-order valence-corrected chi connectivity index (χ4v) is 4.43. The van der Waals surface area contributed by atoms with Crippen molar-refractivity contribution < 1.29 is 19.1 Å². The Morgan fingerprint density at radius 1 is 1.15 bits per heavy atom. The van der Waals surface area contributed by atoms with Gasteiger partial charge in [0, 0.05) is 12.8 Å². The van der Waals surface area contributed by atoms with E-state index in [1.54, 1.807) is 0 Å². The molecule has 3 aliphatic carbocycles. The first-order valence-corrected chi connectivity index (χ1v) is 10.9. The van der Waals surface area contributed by atoms with Crippen LogP contribution in [0, 0.1) is 23.2 Å². The van der Waals surface area contributed by atoms with Gasteiger partial charge in [0.05, 0.1) is 6.61 Å². The van der Waals surface area contributed by atoms with Crippen LogP contribution in [0.1, 0.15) is 85.5 Å². The van der Waals surface area contributed by atoms with Crippen molar-refractivity contribution in [2.75, 3.05) is 13.2 Å². The molecule has 154 valence electrons. The first-order chi connectivity index (χ1) is 12.9. The average Bonchev–Trinajstić information content (AvgIpc) is 2.66. The molecule has 4 nitrogen and oxygen atoms in total. The van der Waals surface area contributed by atoms with Crippen molar-refractivity contribution in [1.82, 2.24) is 0 Å². The molecular formula is C23H38O4. The van der Waals surface area contributed by atoms with Crippen LogP contribution in [-0.4, -0.2) is 25.2 Å². The molecule has 0 aromatic rings. The van der Waals surface area contributed by atoms with Gasteiger partial charge in [-0.05, 0) is 54.4 Å². The van der Waals surface area contributed by atoms with Gasteiger partial charge in [-0.25, -0.2) is 0 Å². The van der Waals surface area contributed by atoms with E-state index in [1.165, 1.54) is 24.8 Å². The molecule has 1 saturated carbocycles. The molecule has 0 radical (unpaired) electrons. The topological polar surface area (TPSA) is 52.6 Å². The van der Waals surface area contributed by atoms with Gasteiger partial charge in [0.15, 0.2) is 0 Å².